The second-order valence-electron chi connectivity index (χ2n) is 6.52. The Morgan fingerprint density at radius 1 is 1.19 bits per heavy atom. The second-order valence-corrected chi connectivity index (χ2v) is 8.42. The van der Waals surface area contributed by atoms with Crippen LogP contribution in [0.5, 0.6) is 11.5 Å². The number of thiophene rings is 1. The van der Waals surface area contributed by atoms with E-state index in [0.717, 1.165) is 11.3 Å². The minimum Gasteiger partial charge on any atom is -0.619 e. The van der Waals surface area contributed by atoms with E-state index in [0.29, 0.717) is 39.2 Å². The van der Waals surface area contributed by atoms with E-state index in [1.54, 1.807) is 24.3 Å². The van der Waals surface area contributed by atoms with Crippen molar-refractivity contribution in [3.8, 4) is 11.5 Å². The van der Waals surface area contributed by atoms with Gasteiger partial charge in [-0.15, -0.1) is 11.3 Å². The normalized spacial score (nSPS) is 11.7. The number of aldehydes is 1. The molecule has 3 aromatic rings. The van der Waals surface area contributed by atoms with E-state index in [9.17, 15) is 19.9 Å². The minimum atomic E-state index is -1.15. The molecule has 0 amide bonds. The van der Waals surface area contributed by atoms with Gasteiger partial charge in [0, 0.05) is 11.5 Å². The highest BCUT2D eigenvalue weighted by atomic mass is 35.5. The Balaban J connectivity index is 2.22. The first-order valence-electron chi connectivity index (χ1n) is 8.89. The van der Waals surface area contributed by atoms with E-state index in [1.807, 2.05) is 0 Å². The zero-order valence-corrected chi connectivity index (χ0v) is 18.8. The number of halogens is 2. The molecule has 2 aromatic heterocycles. The molecule has 1 aromatic carbocycles. The fraction of sp³-hybridized carbons (Fsp3) is 0.190. The SMILES string of the molecule is COc1ccc([C@H](Cc2c(Cl)c[n+]([O-])cc2Cl)c2cc(C=O)sc2C(=O)O)cc1OC. The molecule has 0 aliphatic rings. The number of carboxylic acids is 1. The molecule has 10 heteroatoms. The second kappa shape index (κ2) is 9.55. The number of benzene rings is 1. The monoisotopic (exact) mass is 481 g/mol. The van der Waals surface area contributed by atoms with E-state index < -0.39 is 11.9 Å². The molecule has 2 heterocycles. The predicted octanol–water partition coefficient (Wildman–Crippen LogP) is 4.59. The highest BCUT2D eigenvalue weighted by Crippen LogP contribution is 2.40. The van der Waals surface area contributed by atoms with Crippen molar-refractivity contribution in [3.63, 3.8) is 0 Å². The molecule has 3 rings (SSSR count). The van der Waals surface area contributed by atoms with Crippen molar-refractivity contribution in [1.82, 2.24) is 0 Å². The van der Waals surface area contributed by atoms with E-state index in [-0.39, 0.29) is 26.2 Å². The van der Waals surface area contributed by atoms with Crippen molar-refractivity contribution in [2.24, 2.45) is 0 Å². The number of carboxylic acid groups (broad SMARTS) is 1. The highest BCUT2D eigenvalue weighted by molar-refractivity contribution is 7.15. The zero-order chi connectivity index (χ0) is 22.7. The van der Waals surface area contributed by atoms with E-state index in [4.69, 9.17) is 32.7 Å². The number of hydrogen-bond donors (Lipinski definition) is 1. The van der Waals surface area contributed by atoms with Gasteiger partial charge in [-0.25, -0.2) is 4.79 Å². The summed E-state index contributed by atoms with van der Waals surface area (Å²) in [4.78, 5) is 23.5. The summed E-state index contributed by atoms with van der Waals surface area (Å²) in [6.45, 7) is 0. The van der Waals surface area contributed by atoms with Crippen LogP contribution in [0.15, 0.2) is 36.7 Å². The third kappa shape index (κ3) is 4.76. The van der Waals surface area contributed by atoms with Gasteiger partial charge in [0.15, 0.2) is 30.2 Å². The van der Waals surface area contributed by atoms with Crippen LogP contribution in [0.4, 0.5) is 0 Å². The van der Waals surface area contributed by atoms with Crippen LogP contribution >= 0.6 is 34.5 Å². The van der Waals surface area contributed by atoms with Gasteiger partial charge >= 0.3 is 5.97 Å². The van der Waals surface area contributed by atoms with Gasteiger partial charge in [0.2, 0.25) is 0 Å². The number of rotatable bonds is 8. The molecule has 0 radical (unpaired) electrons. The Kier molecular flexibility index (Phi) is 7.04. The molecule has 0 bridgehead atoms. The number of hydrogen-bond acceptors (Lipinski definition) is 6. The molecular weight excluding hydrogens is 465 g/mol. The number of aromatic nitrogens is 1. The summed E-state index contributed by atoms with van der Waals surface area (Å²) in [6, 6.07) is 6.75. The number of aromatic carboxylic acids is 1. The van der Waals surface area contributed by atoms with Crippen molar-refractivity contribution in [2.75, 3.05) is 14.2 Å². The Bertz CT molecular complexity index is 1120. The average Bonchev–Trinajstić information content (AvgIpc) is 3.17. The lowest BCUT2D eigenvalue weighted by Gasteiger charge is -2.20. The number of nitrogens with zero attached hydrogens (tertiary/aromatic N) is 1. The van der Waals surface area contributed by atoms with E-state index in [2.05, 4.69) is 0 Å². The highest BCUT2D eigenvalue weighted by Gasteiger charge is 2.27. The Morgan fingerprint density at radius 3 is 2.39 bits per heavy atom. The molecule has 0 saturated carbocycles. The molecule has 0 aliphatic heterocycles. The van der Waals surface area contributed by atoms with Gasteiger partial charge in [-0.3, -0.25) is 4.79 Å². The zero-order valence-electron chi connectivity index (χ0n) is 16.4. The Labute approximate surface area is 192 Å². The summed E-state index contributed by atoms with van der Waals surface area (Å²) in [5, 5.41) is 21.6. The fourth-order valence-corrected chi connectivity index (χ4v) is 4.79. The van der Waals surface area contributed by atoms with Crippen LogP contribution in [0.3, 0.4) is 0 Å². The molecule has 0 unspecified atom stereocenters. The molecule has 0 spiro atoms. The van der Waals surface area contributed by atoms with Crippen LogP contribution in [0.1, 0.15) is 42.0 Å². The first-order chi connectivity index (χ1) is 14.8. The summed E-state index contributed by atoms with van der Waals surface area (Å²) in [6.07, 6.45) is 3.15. The van der Waals surface area contributed by atoms with Crippen LogP contribution < -0.4 is 14.2 Å². The van der Waals surface area contributed by atoms with Crippen molar-refractivity contribution in [2.45, 2.75) is 12.3 Å². The van der Waals surface area contributed by atoms with Gasteiger partial charge < -0.3 is 19.8 Å². The van der Waals surface area contributed by atoms with Crippen LogP contribution in [-0.4, -0.2) is 31.6 Å². The maximum Gasteiger partial charge on any atom is 0.346 e. The first-order valence-corrected chi connectivity index (χ1v) is 10.5. The number of methoxy groups -OCH3 is 2. The molecule has 0 fully saturated rings. The smallest absolute Gasteiger partial charge is 0.346 e. The van der Waals surface area contributed by atoms with Crippen LogP contribution in [0, 0.1) is 5.21 Å². The Hall–Kier alpha value is -2.81. The average molecular weight is 482 g/mol. The van der Waals surface area contributed by atoms with Crippen molar-refractivity contribution >= 4 is 46.8 Å². The molecule has 1 atom stereocenters. The largest absolute Gasteiger partial charge is 0.619 e. The molecule has 162 valence electrons. The molecule has 1 N–H and O–H groups in total. The van der Waals surface area contributed by atoms with Gasteiger partial charge in [-0.2, -0.15) is 4.73 Å². The van der Waals surface area contributed by atoms with Gasteiger partial charge in [0.05, 0.1) is 19.1 Å². The maximum atomic E-state index is 11.9. The fourth-order valence-electron chi connectivity index (χ4n) is 3.32. The van der Waals surface area contributed by atoms with Gasteiger partial charge in [-0.1, -0.05) is 29.3 Å². The first kappa shape index (κ1) is 22.9. The number of ether oxygens (including phenoxy) is 2. The molecule has 0 saturated heterocycles. The van der Waals surface area contributed by atoms with Crippen molar-refractivity contribution in [3.05, 3.63) is 78.4 Å². The maximum absolute atomic E-state index is 11.9. The topological polar surface area (TPSA) is 99.8 Å². The summed E-state index contributed by atoms with van der Waals surface area (Å²) >= 11 is 13.4. The lowest BCUT2D eigenvalue weighted by atomic mass is 9.85. The number of pyridine rings is 1. The Morgan fingerprint density at radius 2 is 1.84 bits per heavy atom. The third-order valence-electron chi connectivity index (χ3n) is 4.74. The van der Waals surface area contributed by atoms with Gasteiger partial charge in [-0.05, 0) is 35.7 Å². The minimum absolute atomic E-state index is 0.0314. The van der Waals surface area contributed by atoms with Crippen LogP contribution in [0.25, 0.3) is 0 Å². The number of carbonyl (C=O) groups excluding carboxylic acids is 1. The predicted molar refractivity (Wildman–Crippen MR) is 117 cm³/mol. The van der Waals surface area contributed by atoms with Crippen molar-refractivity contribution in [1.29, 1.82) is 0 Å². The summed E-state index contributed by atoms with van der Waals surface area (Å²) in [7, 11) is 3.00. The van der Waals surface area contributed by atoms with Crippen LogP contribution in [-0.2, 0) is 6.42 Å². The summed E-state index contributed by atoms with van der Waals surface area (Å²) in [5.74, 6) is -0.740. The standard InChI is InChI=1S/C21H17Cl2NO6S/c1-29-18-4-3-11(5-19(18)30-2)13(7-15-16(22)8-24(28)9-17(15)23)14-6-12(10-25)31-20(14)21(26)27/h3-6,8-10,13H,7H2,1-2H3,(H,26,27)/t13-/m0/s1. The van der Waals surface area contributed by atoms with Crippen molar-refractivity contribution < 1.29 is 28.9 Å². The summed E-state index contributed by atoms with van der Waals surface area (Å²) < 4.78 is 11.2. The van der Waals surface area contributed by atoms with Crippen LogP contribution in [0.2, 0.25) is 10.0 Å². The lowest BCUT2D eigenvalue weighted by Crippen LogP contribution is -2.25. The van der Waals surface area contributed by atoms with Gasteiger partial charge in [0.25, 0.3) is 0 Å². The number of carbonyl (C=O) groups is 2. The van der Waals surface area contributed by atoms with E-state index >= 15 is 0 Å². The summed E-state index contributed by atoms with van der Waals surface area (Å²) in [5.41, 5.74) is 1.60. The molecular formula is C21H17Cl2NO6S. The van der Waals surface area contributed by atoms with Gasteiger partial charge in [0.1, 0.15) is 14.9 Å². The molecule has 0 aliphatic carbocycles. The molecule has 7 nitrogen and oxygen atoms in total. The quantitative estimate of drug-likeness (QED) is 0.287. The lowest BCUT2D eigenvalue weighted by molar-refractivity contribution is -0.605. The van der Waals surface area contributed by atoms with E-state index in [1.165, 1.54) is 26.6 Å². The molecule has 31 heavy (non-hydrogen) atoms. The third-order valence-corrected chi connectivity index (χ3v) is 6.46.